The van der Waals surface area contributed by atoms with Crippen molar-refractivity contribution in [2.45, 2.75) is 0 Å². The van der Waals surface area contributed by atoms with E-state index >= 15 is 0 Å². The normalized spacial score (nSPS) is 11.7. The maximum Gasteiger partial charge on any atom is 0.159 e. The van der Waals surface area contributed by atoms with Gasteiger partial charge in [0.05, 0.1) is 11.4 Å². The van der Waals surface area contributed by atoms with E-state index in [1.807, 2.05) is 18.2 Å². The molecule has 230 valence electrons. The van der Waals surface area contributed by atoms with Crippen LogP contribution in [0, 0.1) is 0 Å². The molecule has 0 spiro atoms. The molecule has 0 saturated carbocycles. The Labute approximate surface area is 282 Å². The summed E-state index contributed by atoms with van der Waals surface area (Å²) in [5.41, 5.74) is 11.2. The summed E-state index contributed by atoms with van der Waals surface area (Å²) in [7, 11) is 0. The first-order valence-corrected chi connectivity index (χ1v) is 16.6. The lowest BCUT2D eigenvalue weighted by Gasteiger charge is -2.25. The topological polar surface area (TPSA) is 29.5 Å². The molecular formula is C46H29NO2. The third-order valence-corrected chi connectivity index (χ3v) is 9.66. The van der Waals surface area contributed by atoms with Gasteiger partial charge in [0.25, 0.3) is 0 Å². The minimum absolute atomic E-state index is 0.838. The quantitative estimate of drug-likeness (QED) is 0.190. The molecule has 0 amide bonds. The zero-order valence-electron chi connectivity index (χ0n) is 26.5. The Morgan fingerprint density at radius 3 is 1.69 bits per heavy atom. The molecule has 10 aromatic rings. The summed E-state index contributed by atoms with van der Waals surface area (Å²) in [6.07, 6.45) is 0. The number of para-hydroxylation sites is 2. The molecule has 49 heavy (non-hydrogen) atoms. The fraction of sp³-hybridized carbons (Fsp3) is 0. The number of hydrogen-bond acceptors (Lipinski definition) is 3. The largest absolute Gasteiger partial charge is 0.455 e. The van der Waals surface area contributed by atoms with E-state index in [4.69, 9.17) is 8.83 Å². The number of hydrogen-bond donors (Lipinski definition) is 0. The van der Waals surface area contributed by atoms with E-state index in [0.29, 0.717) is 0 Å². The summed E-state index contributed by atoms with van der Waals surface area (Å²) in [6, 6.07) is 61.8. The van der Waals surface area contributed by atoms with E-state index in [-0.39, 0.29) is 0 Å². The van der Waals surface area contributed by atoms with Gasteiger partial charge in [-0.3, -0.25) is 0 Å². The van der Waals surface area contributed by atoms with E-state index in [0.717, 1.165) is 66.3 Å². The van der Waals surface area contributed by atoms with Gasteiger partial charge in [0.2, 0.25) is 0 Å². The summed E-state index contributed by atoms with van der Waals surface area (Å²) < 4.78 is 13.4. The van der Waals surface area contributed by atoms with Gasteiger partial charge >= 0.3 is 0 Å². The van der Waals surface area contributed by atoms with E-state index in [1.54, 1.807) is 0 Å². The fourth-order valence-corrected chi connectivity index (χ4v) is 7.35. The first-order chi connectivity index (χ1) is 24.3. The lowest BCUT2D eigenvalue weighted by Crippen LogP contribution is -2.10. The Morgan fingerprint density at radius 2 is 0.898 bits per heavy atom. The van der Waals surface area contributed by atoms with Gasteiger partial charge in [-0.05, 0) is 70.1 Å². The number of benzene rings is 8. The van der Waals surface area contributed by atoms with Crippen molar-refractivity contribution in [1.82, 2.24) is 0 Å². The van der Waals surface area contributed by atoms with Gasteiger partial charge in [-0.2, -0.15) is 0 Å². The number of fused-ring (bicyclic) bond motifs is 8. The molecule has 0 bridgehead atoms. The molecule has 2 heterocycles. The molecule has 3 heteroatoms. The molecule has 3 nitrogen and oxygen atoms in total. The van der Waals surface area contributed by atoms with E-state index < -0.39 is 0 Å². The average Bonchev–Trinajstić information content (AvgIpc) is 3.74. The minimum atomic E-state index is 0.838. The summed E-state index contributed by atoms with van der Waals surface area (Å²) in [5.74, 6) is 0. The molecule has 0 radical (unpaired) electrons. The molecule has 8 aromatic carbocycles. The van der Waals surface area contributed by atoms with Crippen molar-refractivity contribution >= 4 is 71.7 Å². The zero-order valence-corrected chi connectivity index (χ0v) is 26.5. The minimum Gasteiger partial charge on any atom is -0.455 e. The molecule has 0 atom stereocenters. The predicted octanol–water partition coefficient (Wildman–Crippen LogP) is 13.4. The first-order valence-electron chi connectivity index (χ1n) is 16.6. The maximum absolute atomic E-state index is 6.78. The van der Waals surface area contributed by atoms with Crippen LogP contribution in [-0.4, -0.2) is 0 Å². The fourth-order valence-electron chi connectivity index (χ4n) is 7.35. The van der Waals surface area contributed by atoms with Crippen molar-refractivity contribution in [1.29, 1.82) is 0 Å². The Morgan fingerprint density at radius 1 is 0.327 bits per heavy atom. The second-order valence-corrected chi connectivity index (χ2v) is 12.5. The van der Waals surface area contributed by atoms with Gasteiger partial charge in [0, 0.05) is 38.7 Å². The highest BCUT2D eigenvalue weighted by atomic mass is 16.3. The van der Waals surface area contributed by atoms with Crippen LogP contribution in [0.2, 0.25) is 0 Å². The van der Waals surface area contributed by atoms with Crippen molar-refractivity contribution in [3.63, 3.8) is 0 Å². The van der Waals surface area contributed by atoms with Crippen LogP contribution in [0.5, 0.6) is 0 Å². The Hall–Kier alpha value is -6.58. The zero-order chi connectivity index (χ0) is 32.3. The molecule has 2 aromatic heterocycles. The van der Waals surface area contributed by atoms with Crippen LogP contribution in [0.1, 0.15) is 0 Å². The van der Waals surface area contributed by atoms with Gasteiger partial charge in [-0.15, -0.1) is 0 Å². The molecule has 0 saturated heterocycles. The van der Waals surface area contributed by atoms with E-state index in [1.165, 1.54) is 27.6 Å². The van der Waals surface area contributed by atoms with Crippen molar-refractivity contribution in [2.75, 3.05) is 4.90 Å². The van der Waals surface area contributed by atoms with E-state index in [9.17, 15) is 0 Å². The molecule has 0 aliphatic carbocycles. The molecule has 0 fully saturated rings. The number of rotatable bonds is 5. The molecule has 0 N–H and O–H groups in total. The number of anilines is 3. The van der Waals surface area contributed by atoms with Crippen LogP contribution in [-0.2, 0) is 0 Å². The van der Waals surface area contributed by atoms with Gasteiger partial charge in [-0.25, -0.2) is 0 Å². The molecular weight excluding hydrogens is 599 g/mol. The molecule has 0 aliphatic rings. The molecule has 0 unspecified atom stereocenters. The van der Waals surface area contributed by atoms with E-state index in [2.05, 4.69) is 163 Å². The Balaban J connectivity index is 1.20. The highest BCUT2D eigenvalue weighted by molar-refractivity contribution is 6.19. The standard InChI is InChI=1S/C46H29NO2/c1-3-12-30(13-4-1)31-22-24-33(25-23-31)47(42-20-11-19-39-36-17-9-10-21-43(36)48-46(39)42)34-26-27-37-41-29-40(32-14-5-2-6-15-32)35-16-7-8-18-38(35)45(41)49-44(37)28-34/h1-29H. The summed E-state index contributed by atoms with van der Waals surface area (Å²) >= 11 is 0. The van der Waals surface area contributed by atoms with Crippen LogP contribution < -0.4 is 4.90 Å². The van der Waals surface area contributed by atoms with Crippen molar-refractivity contribution in [2.24, 2.45) is 0 Å². The SMILES string of the molecule is c1ccc(-c2ccc(N(c3ccc4c(c3)oc3c5ccccc5c(-c5ccccc5)cc43)c3cccc4c3oc3ccccc34)cc2)cc1. The predicted molar refractivity (Wildman–Crippen MR) is 204 cm³/mol. The second kappa shape index (κ2) is 11.0. The van der Waals surface area contributed by atoms with Crippen LogP contribution in [0.25, 0.3) is 76.9 Å². The van der Waals surface area contributed by atoms with Gasteiger partial charge in [0.15, 0.2) is 5.58 Å². The molecule has 10 rings (SSSR count). The lowest BCUT2D eigenvalue weighted by atomic mass is 9.95. The van der Waals surface area contributed by atoms with Crippen LogP contribution >= 0.6 is 0 Å². The average molecular weight is 628 g/mol. The van der Waals surface area contributed by atoms with Crippen LogP contribution in [0.4, 0.5) is 17.1 Å². The highest BCUT2D eigenvalue weighted by Crippen LogP contribution is 2.45. The summed E-state index contributed by atoms with van der Waals surface area (Å²) in [5, 5.41) is 6.67. The van der Waals surface area contributed by atoms with Crippen molar-refractivity contribution in [3.05, 3.63) is 176 Å². The Kier molecular flexibility index (Phi) is 6.18. The number of nitrogens with zero attached hydrogens (tertiary/aromatic N) is 1. The second-order valence-electron chi connectivity index (χ2n) is 12.5. The third-order valence-electron chi connectivity index (χ3n) is 9.66. The lowest BCUT2D eigenvalue weighted by molar-refractivity contribution is 0.668. The van der Waals surface area contributed by atoms with Gasteiger partial charge in [0.1, 0.15) is 16.7 Å². The van der Waals surface area contributed by atoms with Crippen LogP contribution in [0.15, 0.2) is 185 Å². The molecule has 0 aliphatic heterocycles. The Bertz CT molecular complexity index is 2810. The van der Waals surface area contributed by atoms with Crippen LogP contribution in [0.3, 0.4) is 0 Å². The monoisotopic (exact) mass is 627 g/mol. The summed E-state index contributed by atoms with van der Waals surface area (Å²) in [6.45, 7) is 0. The van der Waals surface area contributed by atoms with Gasteiger partial charge < -0.3 is 13.7 Å². The smallest absolute Gasteiger partial charge is 0.159 e. The van der Waals surface area contributed by atoms with Gasteiger partial charge in [-0.1, -0.05) is 127 Å². The first kappa shape index (κ1) is 27.5. The third kappa shape index (κ3) is 4.44. The van der Waals surface area contributed by atoms with Crippen molar-refractivity contribution in [3.8, 4) is 22.3 Å². The highest BCUT2D eigenvalue weighted by Gasteiger charge is 2.21. The van der Waals surface area contributed by atoms with Crippen molar-refractivity contribution < 1.29 is 8.83 Å². The summed E-state index contributed by atoms with van der Waals surface area (Å²) in [4.78, 5) is 2.28. The number of furan rings is 2. The maximum atomic E-state index is 6.78.